The van der Waals surface area contributed by atoms with Gasteiger partial charge in [0.25, 0.3) is 0 Å². The van der Waals surface area contributed by atoms with Gasteiger partial charge in [-0.1, -0.05) is 48.5 Å². The lowest BCUT2D eigenvalue weighted by molar-refractivity contribution is 0.304. The van der Waals surface area contributed by atoms with Crippen molar-refractivity contribution in [1.82, 2.24) is 4.57 Å². The third kappa shape index (κ3) is 3.43. The summed E-state index contributed by atoms with van der Waals surface area (Å²) in [5.41, 5.74) is 0.951. The zero-order valence-corrected chi connectivity index (χ0v) is 15.7. The first-order chi connectivity index (χ1) is 13.6. The van der Waals surface area contributed by atoms with Crippen LogP contribution in [0.3, 0.4) is 0 Å². The van der Waals surface area contributed by atoms with Gasteiger partial charge in [0.15, 0.2) is 0 Å². The molecule has 1 aromatic heterocycles. The molecule has 0 atom stereocenters. The van der Waals surface area contributed by atoms with Crippen LogP contribution in [0.15, 0.2) is 74.7 Å². The van der Waals surface area contributed by atoms with E-state index in [0.717, 1.165) is 34.9 Å². The molecule has 0 radical (unpaired) electrons. The first-order valence-corrected chi connectivity index (χ1v) is 9.39. The summed E-state index contributed by atoms with van der Waals surface area (Å²) in [4.78, 5) is 24.1. The van der Waals surface area contributed by atoms with E-state index in [4.69, 9.17) is 9.15 Å². The minimum absolute atomic E-state index is 0.437. The number of nitrogens with zero attached hydrogens (tertiary/aromatic N) is 1. The topological polar surface area (TPSA) is 61.4 Å². The van der Waals surface area contributed by atoms with Gasteiger partial charge in [0.2, 0.25) is 0 Å². The molecule has 0 bridgehead atoms. The maximum absolute atomic E-state index is 12.2. The van der Waals surface area contributed by atoms with Crippen LogP contribution in [0.2, 0.25) is 0 Å². The number of ether oxygens (including phenoxy) is 1. The van der Waals surface area contributed by atoms with Crippen molar-refractivity contribution in [2.75, 3.05) is 6.61 Å². The number of rotatable bonds is 6. The van der Waals surface area contributed by atoms with Crippen molar-refractivity contribution in [2.45, 2.75) is 26.3 Å². The number of unbranched alkanes of at least 4 members (excludes halogenated alkanes) is 1. The standard InChI is InChI=1S/C23H21NO4/c1-16-8-6-12-19-21(16)24(23(26)28-22(19)25)14-4-5-15-27-20-13-7-10-17-9-2-3-11-18(17)20/h2-3,6-13H,4-5,14-15H2,1H3. The van der Waals surface area contributed by atoms with Crippen molar-refractivity contribution < 1.29 is 9.15 Å². The smallest absolute Gasteiger partial charge is 0.422 e. The van der Waals surface area contributed by atoms with Gasteiger partial charge in [0, 0.05) is 11.9 Å². The van der Waals surface area contributed by atoms with Crippen LogP contribution in [0.4, 0.5) is 0 Å². The lowest BCUT2D eigenvalue weighted by atomic mass is 10.1. The highest BCUT2D eigenvalue weighted by Gasteiger charge is 2.11. The first kappa shape index (κ1) is 18.0. The Labute approximate surface area is 161 Å². The second-order valence-electron chi connectivity index (χ2n) is 6.81. The predicted molar refractivity (Wildman–Crippen MR) is 110 cm³/mol. The molecule has 0 aliphatic rings. The third-order valence-electron chi connectivity index (χ3n) is 4.91. The Hall–Kier alpha value is -3.34. The van der Waals surface area contributed by atoms with Crippen molar-refractivity contribution in [3.8, 4) is 5.75 Å². The molecule has 0 saturated carbocycles. The van der Waals surface area contributed by atoms with E-state index >= 15 is 0 Å². The molecule has 4 rings (SSSR count). The Balaban J connectivity index is 1.45. The van der Waals surface area contributed by atoms with Crippen molar-refractivity contribution in [1.29, 1.82) is 0 Å². The SMILES string of the molecule is Cc1cccc2c(=O)oc(=O)n(CCCCOc3cccc4ccccc34)c12. The van der Waals surface area contributed by atoms with E-state index in [2.05, 4.69) is 12.1 Å². The monoisotopic (exact) mass is 375 g/mol. The van der Waals surface area contributed by atoms with Crippen LogP contribution >= 0.6 is 0 Å². The lowest BCUT2D eigenvalue weighted by Gasteiger charge is -2.11. The first-order valence-electron chi connectivity index (χ1n) is 9.39. The van der Waals surface area contributed by atoms with Crippen LogP contribution in [0.5, 0.6) is 5.75 Å². The lowest BCUT2D eigenvalue weighted by Crippen LogP contribution is -2.25. The van der Waals surface area contributed by atoms with Crippen molar-refractivity contribution >= 4 is 21.7 Å². The second kappa shape index (κ2) is 7.72. The zero-order valence-electron chi connectivity index (χ0n) is 15.7. The molecule has 0 fully saturated rings. The summed E-state index contributed by atoms with van der Waals surface area (Å²) in [5.74, 6) is 0.254. The van der Waals surface area contributed by atoms with Gasteiger partial charge in [-0.3, -0.25) is 4.57 Å². The van der Waals surface area contributed by atoms with E-state index in [0.29, 0.717) is 24.1 Å². The third-order valence-corrected chi connectivity index (χ3v) is 4.91. The van der Waals surface area contributed by atoms with E-state index in [9.17, 15) is 9.59 Å². The second-order valence-corrected chi connectivity index (χ2v) is 6.81. The van der Waals surface area contributed by atoms with Crippen LogP contribution in [0, 0.1) is 6.92 Å². The van der Waals surface area contributed by atoms with Crippen LogP contribution in [0.1, 0.15) is 18.4 Å². The molecule has 0 saturated heterocycles. The molecule has 1 heterocycles. The Bertz CT molecular complexity index is 1250. The van der Waals surface area contributed by atoms with Gasteiger partial charge in [-0.25, -0.2) is 9.59 Å². The van der Waals surface area contributed by atoms with Gasteiger partial charge in [-0.15, -0.1) is 0 Å². The number of fused-ring (bicyclic) bond motifs is 2. The molecule has 0 unspecified atom stereocenters. The molecule has 0 aliphatic heterocycles. The van der Waals surface area contributed by atoms with Crippen molar-refractivity contribution in [2.24, 2.45) is 0 Å². The average Bonchev–Trinajstić information content (AvgIpc) is 2.70. The molecule has 5 nitrogen and oxygen atoms in total. The van der Waals surface area contributed by atoms with Gasteiger partial charge >= 0.3 is 11.4 Å². The predicted octanol–water partition coefficient (Wildman–Crippen LogP) is 4.28. The fourth-order valence-corrected chi connectivity index (χ4v) is 3.54. The highest BCUT2D eigenvalue weighted by Crippen LogP contribution is 2.25. The van der Waals surface area contributed by atoms with Gasteiger partial charge in [-0.2, -0.15) is 0 Å². The van der Waals surface area contributed by atoms with Gasteiger partial charge in [-0.05, 0) is 42.8 Å². The molecule has 0 amide bonds. The summed E-state index contributed by atoms with van der Waals surface area (Å²) in [6.45, 7) is 2.92. The fourth-order valence-electron chi connectivity index (χ4n) is 3.54. The summed E-state index contributed by atoms with van der Waals surface area (Å²) in [6, 6.07) is 19.5. The molecule has 28 heavy (non-hydrogen) atoms. The summed E-state index contributed by atoms with van der Waals surface area (Å²) in [7, 11) is 0. The van der Waals surface area contributed by atoms with Crippen LogP contribution in [0.25, 0.3) is 21.7 Å². The quantitative estimate of drug-likeness (QED) is 0.472. The van der Waals surface area contributed by atoms with Crippen LogP contribution < -0.4 is 16.1 Å². The Morgan fingerprint density at radius 3 is 2.54 bits per heavy atom. The molecule has 0 aliphatic carbocycles. The van der Waals surface area contributed by atoms with E-state index in [1.807, 2.05) is 43.3 Å². The summed E-state index contributed by atoms with van der Waals surface area (Å²) in [6.07, 6.45) is 1.52. The molecular weight excluding hydrogens is 354 g/mol. The fraction of sp³-hybridized carbons (Fsp3) is 0.217. The largest absolute Gasteiger partial charge is 0.493 e. The summed E-state index contributed by atoms with van der Waals surface area (Å²) < 4.78 is 12.4. The molecule has 4 aromatic rings. The van der Waals surface area contributed by atoms with Gasteiger partial charge < -0.3 is 9.15 Å². The Kier molecular flexibility index (Phi) is 4.98. The molecule has 0 spiro atoms. The maximum atomic E-state index is 12.2. The average molecular weight is 375 g/mol. The summed E-state index contributed by atoms with van der Waals surface area (Å²) in [5, 5.41) is 2.67. The number of hydrogen-bond acceptors (Lipinski definition) is 4. The van der Waals surface area contributed by atoms with Gasteiger partial charge in [0.1, 0.15) is 5.75 Å². The molecule has 0 N–H and O–H groups in total. The number of aryl methyl sites for hydroxylation is 2. The number of hydrogen-bond donors (Lipinski definition) is 0. The van der Waals surface area contributed by atoms with Crippen molar-refractivity contribution in [3.63, 3.8) is 0 Å². The molecular formula is C23H21NO4. The van der Waals surface area contributed by atoms with Crippen LogP contribution in [-0.2, 0) is 6.54 Å². The number of para-hydroxylation sites is 1. The van der Waals surface area contributed by atoms with Crippen molar-refractivity contribution in [3.05, 3.63) is 87.2 Å². The van der Waals surface area contributed by atoms with E-state index in [1.54, 1.807) is 16.7 Å². The minimum atomic E-state index is -0.609. The zero-order chi connectivity index (χ0) is 19.5. The van der Waals surface area contributed by atoms with E-state index < -0.39 is 11.4 Å². The minimum Gasteiger partial charge on any atom is -0.493 e. The van der Waals surface area contributed by atoms with E-state index in [-0.39, 0.29) is 0 Å². The number of aromatic nitrogens is 1. The number of benzene rings is 3. The highest BCUT2D eigenvalue weighted by molar-refractivity contribution is 5.88. The molecule has 5 heteroatoms. The van der Waals surface area contributed by atoms with Gasteiger partial charge in [0.05, 0.1) is 17.5 Å². The van der Waals surface area contributed by atoms with E-state index in [1.165, 1.54) is 0 Å². The maximum Gasteiger partial charge on any atom is 0.422 e. The Morgan fingerprint density at radius 1 is 0.893 bits per heavy atom. The normalized spacial score (nSPS) is 11.2. The molecule has 3 aromatic carbocycles. The summed E-state index contributed by atoms with van der Waals surface area (Å²) >= 11 is 0. The van der Waals surface area contributed by atoms with Crippen LogP contribution in [-0.4, -0.2) is 11.2 Å². The Morgan fingerprint density at radius 2 is 1.64 bits per heavy atom. The molecule has 142 valence electrons. The highest BCUT2D eigenvalue weighted by atomic mass is 16.5.